The molecule has 0 bridgehead atoms. The van der Waals surface area contributed by atoms with Crippen LogP contribution in [0, 0.1) is 6.92 Å². The lowest BCUT2D eigenvalue weighted by Gasteiger charge is -2.39. The largest absolute Gasteiger partial charge is 0.495 e. The number of rotatable bonds is 3. The molecule has 0 radical (unpaired) electrons. The minimum absolute atomic E-state index is 0.163. The number of aryl methyl sites for hydroxylation is 1. The van der Waals surface area contributed by atoms with E-state index >= 15 is 0 Å². The second kappa shape index (κ2) is 7.79. The minimum Gasteiger partial charge on any atom is -0.495 e. The van der Waals surface area contributed by atoms with Crippen LogP contribution in [0.3, 0.4) is 0 Å². The number of ether oxygens (including phenoxy) is 1. The number of benzene rings is 2. The predicted octanol–water partition coefficient (Wildman–Crippen LogP) is 4.19. The average molecular weight is 407 g/mol. The van der Waals surface area contributed by atoms with Gasteiger partial charge in [-0.3, -0.25) is 9.59 Å². The predicted molar refractivity (Wildman–Crippen MR) is 107 cm³/mol. The molecule has 1 saturated heterocycles. The fourth-order valence-electron chi connectivity index (χ4n) is 3.22. The maximum Gasteiger partial charge on any atom is 0.256 e. The van der Waals surface area contributed by atoms with E-state index in [2.05, 4.69) is 0 Å². The van der Waals surface area contributed by atoms with Crippen LogP contribution in [0.2, 0.25) is 10.0 Å². The second-order valence-corrected chi connectivity index (χ2v) is 7.31. The highest BCUT2D eigenvalue weighted by atomic mass is 35.5. The third-order valence-electron chi connectivity index (χ3n) is 4.70. The van der Waals surface area contributed by atoms with E-state index in [9.17, 15) is 9.59 Å². The van der Waals surface area contributed by atoms with E-state index in [4.69, 9.17) is 27.9 Å². The van der Waals surface area contributed by atoms with Gasteiger partial charge in [-0.25, -0.2) is 0 Å². The fourth-order valence-corrected chi connectivity index (χ4v) is 3.70. The molecule has 1 fully saturated rings. The number of methoxy groups -OCH3 is 1. The summed E-state index contributed by atoms with van der Waals surface area (Å²) in [5.41, 5.74) is 2.07. The number of nitrogens with zero attached hydrogens (tertiary/aromatic N) is 2. The van der Waals surface area contributed by atoms with Crippen LogP contribution >= 0.6 is 23.2 Å². The Hall–Kier alpha value is -2.24. The van der Waals surface area contributed by atoms with Gasteiger partial charge in [0.25, 0.3) is 5.91 Å². The second-order valence-electron chi connectivity index (χ2n) is 6.46. The highest BCUT2D eigenvalue weighted by molar-refractivity contribution is 6.36. The number of halogens is 2. The molecule has 2 amide bonds. The first-order valence-corrected chi connectivity index (χ1v) is 9.31. The number of carbonyl (C=O) groups is 2. The number of piperazine rings is 1. The molecule has 2 aromatic rings. The van der Waals surface area contributed by atoms with Crippen molar-refractivity contribution in [2.24, 2.45) is 0 Å². The van der Waals surface area contributed by atoms with E-state index in [0.717, 1.165) is 5.56 Å². The standard InChI is InChI=1S/C20H20Cl2N2O3/c1-12-4-7-18(27-3)17(10-12)24-9-8-23(13(2)19(24)25)20(26)15-6-5-14(21)11-16(15)22/h4-7,10-11,13H,8-9H2,1-3H3. The number of hydrogen-bond donors (Lipinski definition) is 0. The van der Waals surface area contributed by atoms with E-state index in [1.165, 1.54) is 11.0 Å². The molecular weight excluding hydrogens is 387 g/mol. The summed E-state index contributed by atoms with van der Waals surface area (Å²) in [4.78, 5) is 29.1. The average Bonchev–Trinajstić information content (AvgIpc) is 2.63. The van der Waals surface area contributed by atoms with Crippen LogP contribution < -0.4 is 9.64 Å². The molecule has 1 heterocycles. The zero-order valence-corrected chi connectivity index (χ0v) is 16.8. The van der Waals surface area contributed by atoms with E-state index in [1.54, 1.807) is 31.1 Å². The maximum atomic E-state index is 13.0. The fraction of sp³-hybridized carbons (Fsp3) is 0.300. The van der Waals surface area contributed by atoms with Gasteiger partial charge in [-0.15, -0.1) is 0 Å². The van der Waals surface area contributed by atoms with Gasteiger partial charge in [-0.2, -0.15) is 0 Å². The van der Waals surface area contributed by atoms with Crippen molar-refractivity contribution >= 4 is 40.7 Å². The van der Waals surface area contributed by atoms with Gasteiger partial charge in [0.05, 0.1) is 23.4 Å². The molecule has 142 valence electrons. The molecule has 1 aliphatic rings. The minimum atomic E-state index is -0.622. The van der Waals surface area contributed by atoms with Crippen LogP contribution in [0.5, 0.6) is 5.75 Å². The smallest absolute Gasteiger partial charge is 0.256 e. The van der Waals surface area contributed by atoms with Gasteiger partial charge >= 0.3 is 0 Å². The molecule has 27 heavy (non-hydrogen) atoms. The van der Waals surface area contributed by atoms with Crippen LogP contribution in [0.1, 0.15) is 22.8 Å². The molecule has 1 atom stereocenters. The lowest BCUT2D eigenvalue weighted by atomic mass is 10.1. The molecule has 0 aliphatic carbocycles. The maximum absolute atomic E-state index is 13.0. The molecule has 0 N–H and O–H groups in total. The molecule has 7 heteroatoms. The van der Waals surface area contributed by atoms with E-state index in [1.807, 2.05) is 25.1 Å². The van der Waals surface area contributed by atoms with Crippen LogP contribution in [-0.2, 0) is 4.79 Å². The van der Waals surface area contributed by atoms with Gasteiger partial charge in [0.1, 0.15) is 11.8 Å². The molecule has 0 aromatic heterocycles. The Kier molecular flexibility index (Phi) is 5.63. The first kappa shape index (κ1) is 19.5. The van der Waals surface area contributed by atoms with Gasteiger partial charge in [0.15, 0.2) is 0 Å². The molecule has 2 aromatic carbocycles. The highest BCUT2D eigenvalue weighted by Crippen LogP contribution is 2.32. The van der Waals surface area contributed by atoms with E-state index in [-0.39, 0.29) is 16.8 Å². The van der Waals surface area contributed by atoms with E-state index in [0.29, 0.717) is 35.1 Å². The van der Waals surface area contributed by atoms with Crippen molar-refractivity contribution in [3.05, 3.63) is 57.6 Å². The topological polar surface area (TPSA) is 49.9 Å². The monoisotopic (exact) mass is 406 g/mol. The van der Waals surface area contributed by atoms with Gasteiger partial charge in [-0.1, -0.05) is 29.3 Å². The first-order chi connectivity index (χ1) is 12.8. The Bertz CT molecular complexity index is 901. The molecule has 1 aliphatic heterocycles. The van der Waals surface area contributed by atoms with Crippen molar-refractivity contribution in [2.45, 2.75) is 19.9 Å². The van der Waals surface area contributed by atoms with Crippen LogP contribution in [0.15, 0.2) is 36.4 Å². The third kappa shape index (κ3) is 3.75. The number of anilines is 1. The Morgan fingerprint density at radius 1 is 1.15 bits per heavy atom. The third-order valence-corrected chi connectivity index (χ3v) is 5.25. The van der Waals surface area contributed by atoms with Crippen LogP contribution in [0.4, 0.5) is 5.69 Å². The quantitative estimate of drug-likeness (QED) is 0.767. The summed E-state index contributed by atoms with van der Waals surface area (Å²) in [5.74, 6) is 0.179. The SMILES string of the molecule is COc1ccc(C)cc1N1CCN(C(=O)c2ccc(Cl)cc2Cl)C(C)C1=O. The highest BCUT2D eigenvalue weighted by Gasteiger charge is 2.36. The summed E-state index contributed by atoms with van der Waals surface area (Å²) in [7, 11) is 1.57. The molecule has 3 rings (SSSR count). The molecular formula is C20H20Cl2N2O3. The van der Waals surface area contributed by atoms with Crippen molar-refractivity contribution in [1.82, 2.24) is 4.90 Å². The van der Waals surface area contributed by atoms with Gasteiger partial charge < -0.3 is 14.5 Å². The Balaban J connectivity index is 1.87. The van der Waals surface area contributed by atoms with Crippen molar-refractivity contribution in [3.8, 4) is 5.75 Å². The van der Waals surface area contributed by atoms with Crippen molar-refractivity contribution in [2.75, 3.05) is 25.1 Å². The summed E-state index contributed by atoms with van der Waals surface area (Å²) >= 11 is 12.1. The number of amides is 2. The Morgan fingerprint density at radius 3 is 2.56 bits per heavy atom. The zero-order valence-electron chi connectivity index (χ0n) is 15.3. The molecule has 5 nitrogen and oxygen atoms in total. The first-order valence-electron chi connectivity index (χ1n) is 8.55. The normalized spacial score (nSPS) is 17.2. The Labute approximate surface area is 168 Å². The zero-order chi connectivity index (χ0) is 19.7. The molecule has 1 unspecified atom stereocenters. The van der Waals surface area contributed by atoms with Gasteiger partial charge in [-0.05, 0) is 49.7 Å². The van der Waals surface area contributed by atoms with E-state index < -0.39 is 6.04 Å². The number of carbonyl (C=O) groups excluding carboxylic acids is 2. The summed E-state index contributed by atoms with van der Waals surface area (Å²) < 4.78 is 5.40. The summed E-state index contributed by atoms with van der Waals surface area (Å²) in [5, 5.41) is 0.729. The summed E-state index contributed by atoms with van der Waals surface area (Å²) in [6, 6.07) is 9.78. The summed E-state index contributed by atoms with van der Waals surface area (Å²) in [6.45, 7) is 4.44. The number of hydrogen-bond acceptors (Lipinski definition) is 3. The van der Waals surface area contributed by atoms with Crippen molar-refractivity contribution < 1.29 is 14.3 Å². The van der Waals surface area contributed by atoms with Crippen molar-refractivity contribution in [3.63, 3.8) is 0 Å². The lowest BCUT2D eigenvalue weighted by molar-refractivity contribution is -0.124. The summed E-state index contributed by atoms with van der Waals surface area (Å²) in [6.07, 6.45) is 0. The Morgan fingerprint density at radius 2 is 1.89 bits per heavy atom. The van der Waals surface area contributed by atoms with Crippen LogP contribution in [0.25, 0.3) is 0 Å². The van der Waals surface area contributed by atoms with Crippen LogP contribution in [-0.4, -0.2) is 43.0 Å². The molecule has 0 spiro atoms. The van der Waals surface area contributed by atoms with Gasteiger partial charge in [0, 0.05) is 18.1 Å². The van der Waals surface area contributed by atoms with Gasteiger partial charge in [0.2, 0.25) is 5.91 Å². The van der Waals surface area contributed by atoms with Crippen molar-refractivity contribution in [1.29, 1.82) is 0 Å². The molecule has 0 saturated carbocycles. The lowest BCUT2D eigenvalue weighted by Crippen LogP contribution is -2.57.